The molecule has 0 aromatic rings. The van der Waals surface area contributed by atoms with Crippen LogP contribution in [0.25, 0.3) is 0 Å². The van der Waals surface area contributed by atoms with Crippen molar-refractivity contribution >= 4 is 11.9 Å². The van der Waals surface area contributed by atoms with Crippen molar-refractivity contribution in [2.45, 2.75) is 52.4 Å². The van der Waals surface area contributed by atoms with Crippen molar-refractivity contribution in [3.05, 3.63) is 0 Å². The molecule has 1 amide bonds. The average molecular weight is 255 g/mol. The second-order valence-electron chi connectivity index (χ2n) is 4.97. The van der Waals surface area contributed by atoms with Crippen LogP contribution < -0.4 is 0 Å². The molecule has 1 unspecified atom stereocenters. The normalized spacial score (nSPS) is 19.3. The molecule has 0 aliphatic carbocycles. The van der Waals surface area contributed by atoms with Crippen LogP contribution in [0.5, 0.6) is 0 Å². The highest BCUT2D eigenvalue weighted by atomic mass is 16.5. The Balaban J connectivity index is 2.28. The molecule has 0 radical (unpaired) electrons. The van der Waals surface area contributed by atoms with Crippen LogP contribution in [0.4, 0.5) is 0 Å². The highest BCUT2D eigenvalue weighted by Crippen LogP contribution is 2.19. The van der Waals surface area contributed by atoms with E-state index in [9.17, 15) is 9.59 Å². The molecular weight excluding hydrogens is 230 g/mol. The smallest absolute Gasteiger partial charge is 0.311 e. The zero-order chi connectivity index (χ0) is 13.4. The average Bonchev–Trinajstić information content (AvgIpc) is 2.72. The van der Waals surface area contributed by atoms with Gasteiger partial charge in [-0.15, -0.1) is 0 Å². The summed E-state index contributed by atoms with van der Waals surface area (Å²) in [6.07, 6.45) is 5.55. The van der Waals surface area contributed by atoms with Gasteiger partial charge >= 0.3 is 5.97 Å². The van der Waals surface area contributed by atoms with Gasteiger partial charge in [0, 0.05) is 19.5 Å². The molecule has 1 aliphatic rings. The molecule has 0 bridgehead atoms. The monoisotopic (exact) mass is 255 g/mol. The van der Waals surface area contributed by atoms with E-state index in [1.807, 2.05) is 0 Å². The molecule has 1 heterocycles. The van der Waals surface area contributed by atoms with Gasteiger partial charge in [-0.1, -0.05) is 33.1 Å². The number of nitrogens with zero attached hydrogens (tertiary/aromatic N) is 1. The lowest BCUT2D eigenvalue weighted by molar-refractivity contribution is -0.148. The third kappa shape index (κ3) is 4.67. The van der Waals surface area contributed by atoms with Crippen LogP contribution in [0, 0.1) is 5.92 Å². The number of carbonyl (C=O) groups excluding carboxylic acids is 2. The van der Waals surface area contributed by atoms with Gasteiger partial charge in [-0.3, -0.25) is 9.59 Å². The van der Waals surface area contributed by atoms with Crippen molar-refractivity contribution in [1.29, 1.82) is 0 Å². The van der Waals surface area contributed by atoms with Crippen LogP contribution in [-0.4, -0.2) is 36.5 Å². The highest BCUT2D eigenvalue weighted by Gasteiger charge is 2.34. The number of unbranched alkanes of at least 4 members (excludes halogenated alkanes) is 3. The SMILES string of the molecule is CCCCCN1CC(C(=O)OCCCC)CC1=O. The third-order valence-corrected chi connectivity index (χ3v) is 3.32. The first kappa shape index (κ1) is 15.0. The Morgan fingerprint density at radius 2 is 2.00 bits per heavy atom. The highest BCUT2D eigenvalue weighted by molar-refractivity contribution is 5.86. The maximum Gasteiger partial charge on any atom is 0.311 e. The van der Waals surface area contributed by atoms with Crippen molar-refractivity contribution in [2.24, 2.45) is 5.92 Å². The summed E-state index contributed by atoms with van der Waals surface area (Å²) in [5.41, 5.74) is 0. The predicted octanol–water partition coefficient (Wildman–Crippen LogP) is 2.37. The van der Waals surface area contributed by atoms with Gasteiger partial charge in [0.2, 0.25) is 5.91 Å². The summed E-state index contributed by atoms with van der Waals surface area (Å²) >= 11 is 0. The molecule has 4 nitrogen and oxygen atoms in total. The Bertz CT molecular complexity index is 278. The minimum Gasteiger partial charge on any atom is -0.465 e. The van der Waals surface area contributed by atoms with E-state index in [0.717, 1.165) is 38.6 Å². The molecule has 0 aromatic carbocycles. The maximum atomic E-state index is 11.7. The van der Waals surface area contributed by atoms with Gasteiger partial charge < -0.3 is 9.64 Å². The number of likely N-dealkylation sites (tertiary alicyclic amines) is 1. The van der Waals surface area contributed by atoms with E-state index in [-0.39, 0.29) is 17.8 Å². The van der Waals surface area contributed by atoms with Crippen molar-refractivity contribution in [1.82, 2.24) is 4.90 Å². The maximum absolute atomic E-state index is 11.7. The molecule has 1 fully saturated rings. The molecular formula is C14H25NO3. The van der Waals surface area contributed by atoms with E-state index >= 15 is 0 Å². The minimum absolute atomic E-state index is 0.101. The van der Waals surface area contributed by atoms with E-state index in [2.05, 4.69) is 13.8 Å². The van der Waals surface area contributed by atoms with Crippen LogP contribution in [0.3, 0.4) is 0 Å². The lowest BCUT2D eigenvalue weighted by atomic mass is 10.1. The Hall–Kier alpha value is -1.06. The molecule has 0 N–H and O–H groups in total. The van der Waals surface area contributed by atoms with E-state index in [4.69, 9.17) is 4.74 Å². The number of ether oxygens (including phenoxy) is 1. The van der Waals surface area contributed by atoms with Gasteiger partial charge in [0.15, 0.2) is 0 Å². The Morgan fingerprint density at radius 1 is 1.28 bits per heavy atom. The molecule has 1 aliphatic heterocycles. The molecule has 0 saturated carbocycles. The Morgan fingerprint density at radius 3 is 2.67 bits per heavy atom. The molecule has 1 atom stereocenters. The van der Waals surface area contributed by atoms with Crippen LogP contribution in [0.1, 0.15) is 52.4 Å². The molecule has 1 saturated heterocycles. The largest absolute Gasteiger partial charge is 0.465 e. The summed E-state index contributed by atoms with van der Waals surface area (Å²) in [4.78, 5) is 25.3. The second-order valence-corrected chi connectivity index (χ2v) is 4.97. The first-order valence-corrected chi connectivity index (χ1v) is 7.13. The Labute approximate surface area is 110 Å². The molecule has 4 heteroatoms. The molecule has 0 aromatic heterocycles. The van der Waals surface area contributed by atoms with Crippen LogP contribution in [-0.2, 0) is 14.3 Å². The third-order valence-electron chi connectivity index (χ3n) is 3.32. The zero-order valence-corrected chi connectivity index (χ0v) is 11.6. The zero-order valence-electron chi connectivity index (χ0n) is 11.6. The van der Waals surface area contributed by atoms with Gasteiger partial charge in [-0.05, 0) is 12.8 Å². The summed E-state index contributed by atoms with van der Waals surface area (Å²) in [5, 5.41) is 0. The summed E-state index contributed by atoms with van der Waals surface area (Å²) < 4.78 is 5.17. The van der Waals surface area contributed by atoms with Crippen LogP contribution in [0.2, 0.25) is 0 Å². The van der Waals surface area contributed by atoms with Gasteiger partial charge in [0.25, 0.3) is 0 Å². The van der Waals surface area contributed by atoms with Crippen LogP contribution >= 0.6 is 0 Å². The fraction of sp³-hybridized carbons (Fsp3) is 0.857. The summed E-state index contributed by atoms with van der Waals surface area (Å²) in [7, 11) is 0. The first-order chi connectivity index (χ1) is 8.69. The van der Waals surface area contributed by atoms with Crippen LogP contribution in [0.15, 0.2) is 0 Å². The number of rotatable bonds is 8. The molecule has 1 rings (SSSR count). The minimum atomic E-state index is -0.240. The number of esters is 1. The number of carbonyl (C=O) groups is 2. The van der Waals surface area contributed by atoms with Crippen molar-refractivity contribution in [3.63, 3.8) is 0 Å². The number of amides is 1. The van der Waals surface area contributed by atoms with Gasteiger partial charge in [0.1, 0.15) is 0 Å². The molecule has 0 spiro atoms. The number of hydrogen-bond acceptors (Lipinski definition) is 3. The van der Waals surface area contributed by atoms with Crippen molar-refractivity contribution < 1.29 is 14.3 Å². The summed E-state index contributed by atoms with van der Waals surface area (Å²) in [6.45, 7) is 6.01. The fourth-order valence-corrected chi connectivity index (χ4v) is 2.13. The van der Waals surface area contributed by atoms with E-state index < -0.39 is 0 Å². The second kappa shape index (κ2) is 8.11. The van der Waals surface area contributed by atoms with Gasteiger partial charge in [0.05, 0.1) is 12.5 Å². The van der Waals surface area contributed by atoms with E-state index in [1.54, 1.807) is 4.90 Å². The quantitative estimate of drug-likeness (QED) is 0.494. The number of hydrogen-bond donors (Lipinski definition) is 0. The fourth-order valence-electron chi connectivity index (χ4n) is 2.13. The topological polar surface area (TPSA) is 46.6 Å². The van der Waals surface area contributed by atoms with Gasteiger partial charge in [-0.2, -0.15) is 0 Å². The standard InChI is InChI=1S/C14H25NO3/c1-3-5-7-8-15-11-12(10-13(15)16)14(17)18-9-6-4-2/h12H,3-11H2,1-2H3. The molecule has 104 valence electrons. The van der Waals surface area contributed by atoms with Crippen molar-refractivity contribution in [2.75, 3.05) is 19.7 Å². The molecule has 18 heavy (non-hydrogen) atoms. The van der Waals surface area contributed by atoms with Crippen molar-refractivity contribution in [3.8, 4) is 0 Å². The van der Waals surface area contributed by atoms with E-state index in [0.29, 0.717) is 19.6 Å². The lowest BCUT2D eigenvalue weighted by Crippen LogP contribution is -2.27. The first-order valence-electron chi connectivity index (χ1n) is 7.13. The lowest BCUT2D eigenvalue weighted by Gasteiger charge is -2.15. The Kier molecular flexibility index (Phi) is 6.76. The summed E-state index contributed by atoms with van der Waals surface area (Å²) in [5.74, 6) is -0.339. The van der Waals surface area contributed by atoms with Gasteiger partial charge in [-0.25, -0.2) is 0 Å². The summed E-state index contributed by atoms with van der Waals surface area (Å²) in [6, 6.07) is 0. The van der Waals surface area contributed by atoms with E-state index in [1.165, 1.54) is 0 Å². The predicted molar refractivity (Wildman–Crippen MR) is 70.1 cm³/mol.